The number of methoxy groups -OCH3 is 1. The largest absolute Gasteiger partial charge is 0.495 e. The minimum atomic E-state index is 0.116. The minimum Gasteiger partial charge on any atom is -0.495 e. The van der Waals surface area contributed by atoms with E-state index in [1.165, 1.54) is 11.3 Å². The fourth-order valence-electron chi connectivity index (χ4n) is 4.45. The summed E-state index contributed by atoms with van der Waals surface area (Å²) in [4.78, 5) is 17.4. The van der Waals surface area contributed by atoms with Crippen LogP contribution in [-0.4, -0.2) is 62.1 Å². The number of aryl methyl sites for hydroxylation is 1. The highest BCUT2D eigenvalue weighted by atomic mass is 35.5. The van der Waals surface area contributed by atoms with E-state index in [2.05, 4.69) is 16.3 Å². The summed E-state index contributed by atoms with van der Waals surface area (Å²) in [5.74, 6) is 1.99. The van der Waals surface area contributed by atoms with Crippen molar-refractivity contribution in [3.05, 3.63) is 45.1 Å². The summed E-state index contributed by atoms with van der Waals surface area (Å²) in [6.45, 7) is 7.94. The van der Waals surface area contributed by atoms with E-state index >= 15 is 0 Å². The average Bonchev–Trinajstić information content (AvgIpc) is 3.41. The second-order valence-corrected chi connectivity index (χ2v) is 9.24. The molecule has 2 aliphatic rings. The lowest BCUT2D eigenvalue weighted by Crippen LogP contribution is -2.33. The van der Waals surface area contributed by atoms with Gasteiger partial charge in [0, 0.05) is 54.2 Å². The standard InChI is InChI=1S/C22H28ClN3O2S/c1-15-4-5-18(8-20(15)23)24-6-3-7-25-9-16-11-26(12-17(16)10-25)22(27)19-13-29-14-21(19)28-2/h4-5,8,13-14,16-17,24H,3,6-7,9-12H2,1-2H3. The van der Waals surface area contributed by atoms with E-state index in [0.717, 1.165) is 62.0 Å². The predicted molar refractivity (Wildman–Crippen MR) is 119 cm³/mol. The number of fused-ring (bicyclic) bond motifs is 1. The summed E-state index contributed by atoms with van der Waals surface area (Å²) in [7, 11) is 1.62. The molecular formula is C22H28ClN3O2S. The van der Waals surface area contributed by atoms with Gasteiger partial charge in [0.05, 0.1) is 12.7 Å². The molecule has 3 heterocycles. The van der Waals surface area contributed by atoms with Crippen molar-refractivity contribution in [1.29, 1.82) is 0 Å². The molecule has 2 aromatic rings. The Hall–Kier alpha value is -1.76. The topological polar surface area (TPSA) is 44.8 Å². The zero-order valence-electron chi connectivity index (χ0n) is 17.0. The van der Waals surface area contributed by atoms with E-state index in [1.54, 1.807) is 7.11 Å². The molecule has 1 amide bonds. The monoisotopic (exact) mass is 433 g/mol. The molecule has 156 valence electrons. The van der Waals surface area contributed by atoms with Gasteiger partial charge < -0.3 is 19.9 Å². The second kappa shape index (κ2) is 8.94. The van der Waals surface area contributed by atoms with Crippen molar-refractivity contribution in [3.8, 4) is 5.75 Å². The van der Waals surface area contributed by atoms with Crippen LogP contribution in [0.3, 0.4) is 0 Å². The third-order valence-electron chi connectivity index (χ3n) is 6.08. The van der Waals surface area contributed by atoms with Gasteiger partial charge in [-0.3, -0.25) is 4.79 Å². The van der Waals surface area contributed by atoms with E-state index in [-0.39, 0.29) is 5.91 Å². The molecule has 4 rings (SSSR count). The van der Waals surface area contributed by atoms with Crippen molar-refractivity contribution >= 4 is 34.5 Å². The molecule has 0 aliphatic carbocycles. The molecule has 2 unspecified atom stereocenters. The van der Waals surface area contributed by atoms with Crippen LogP contribution < -0.4 is 10.1 Å². The molecule has 1 aromatic carbocycles. The van der Waals surface area contributed by atoms with Gasteiger partial charge in [0.1, 0.15) is 5.75 Å². The molecular weight excluding hydrogens is 406 g/mol. The molecule has 0 saturated carbocycles. The third-order valence-corrected chi connectivity index (χ3v) is 7.21. The van der Waals surface area contributed by atoms with Gasteiger partial charge in [-0.1, -0.05) is 17.7 Å². The van der Waals surface area contributed by atoms with Gasteiger partial charge in [-0.25, -0.2) is 0 Å². The zero-order chi connectivity index (χ0) is 20.4. The molecule has 2 fully saturated rings. The number of amides is 1. The van der Waals surface area contributed by atoms with Gasteiger partial charge in [-0.2, -0.15) is 0 Å². The average molecular weight is 434 g/mol. The number of likely N-dealkylation sites (tertiary alicyclic amines) is 2. The first-order valence-corrected chi connectivity index (χ1v) is 11.5. The molecule has 2 saturated heterocycles. The first kappa shape index (κ1) is 20.5. The molecule has 0 bridgehead atoms. The number of carbonyl (C=O) groups is 1. The molecule has 5 nitrogen and oxygen atoms in total. The van der Waals surface area contributed by atoms with Crippen LogP contribution in [0.2, 0.25) is 5.02 Å². The van der Waals surface area contributed by atoms with Crippen molar-refractivity contribution in [1.82, 2.24) is 9.80 Å². The summed E-state index contributed by atoms with van der Waals surface area (Å²) < 4.78 is 5.32. The number of hydrogen-bond donors (Lipinski definition) is 1. The lowest BCUT2D eigenvalue weighted by Gasteiger charge is -2.22. The fourth-order valence-corrected chi connectivity index (χ4v) is 5.39. The van der Waals surface area contributed by atoms with Gasteiger partial charge in [0.15, 0.2) is 0 Å². The fraction of sp³-hybridized carbons (Fsp3) is 0.500. The third kappa shape index (κ3) is 4.55. The number of nitrogens with zero attached hydrogens (tertiary/aromatic N) is 2. The van der Waals surface area contributed by atoms with Crippen LogP contribution in [0.5, 0.6) is 5.75 Å². The lowest BCUT2D eigenvalue weighted by atomic mass is 10.0. The number of nitrogens with one attached hydrogen (secondary N) is 1. The maximum Gasteiger partial charge on any atom is 0.258 e. The molecule has 2 atom stereocenters. The summed E-state index contributed by atoms with van der Waals surface area (Å²) in [5.41, 5.74) is 2.89. The van der Waals surface area contributed by atoms with Crippen molar-refractivity contribution in [3.63, 3.8) is 0 Å². The number of anilines is 1. The Kier molecular flexibility index (Phi) is 6.32. The highest BCUT2D eigenvalue weighted by molar-refractivity contribution is 7.08. The lowest BCUT2D eigenvalue weighted by molar-refractivity contribution is 0.0771. The van der Waals surface area contributed by atoms with E-state index in [1.807, 2.05) is 34.7 Å². The Labute approximate surface area is 181 Å². The normalized spacial score (nSPS) is 21.4. The van der Waals surface area contributed by atoms with Crippen molar-refractivity contribution in [2.45, 2.75) is 13.3 Å². The quantitative estimate of drug-likeness (QED) is 0.664. The second-order valence-electron chi connectivity index (χ2n) is 8.09. The Balaban J connectivity index is 1.20. The summed E-state index contributed by atoms with van der Waals surface area (Å²) >= 11 is 7.70. The Morgan fingerprint density at radius 1 is 1.24 bits per heavy atom. The van der Waals surface area contributed by atoms with Gasteiger partial charge in [0.2, 0.25) is 0 Å². The minimum absolute atomic E-state index is 0.116. The van der Waals surface area contributed by atoms with Crippen LogP contribution >= 0.6 is 22.9 Å². The van der Waals surface area contributed by atoms with Crippen LogP contribution in [0.4, 0.5) is 5.69 Å². The maximum absolute atomic E-state index is 12.8. The first-order valence-electron chi connectivity index (χ1n) is 10.2. The smallest absolute Gasteiger partial charge is 0.258 e. The van der Waals surface area contributed by atoms with Crippen molar-refractivity contribution in [2.24, 2.45) is 11.8 Å². The van der Waals surface area contributed by atoms with Crippen molar-refractivity contribution < 1.29 is 9.53 Å². The number of rotatable bonds is 7. The number of halogens is 1. The first-order chi connectivity index (χ1) is 14.0. The van der Waals surface area contributed by atoms with E-state index in [0.29, 0.717) is 23.1 Å². The van der Waals surface area contributed by atoms with Crippen LogP contribution in [0, 0.1) is 18.8 Å². The number of thiophene rings is 1. The Bertz CT molecular complexity index is 857. The van der Waals surface area contributed by atoms with Crippen LogP contribution in [0.15, 0.2) is 29.0 Å². The van der Waals surface area contributed by atoms with Gasteiger partial charge in [-0.05, 0) is 49.4 Å². The number of benzene rings is 1. The van der Waals surface area contributed by atoms with Crippen LogP contribution in [0.25, 0.3) is 0 Å². The van der Waals surface area contributed by atoms with Crippen molar-refractivity contribution in [2.75, 3.05) is 51.7 Å². The molecule has 1 aromatic heterocycles. The number of ether oxygens (including phenoxy) is 1. The Morgan fingerprint density at radius 3 is 2.69 bits per heavy atom. The SMILES string of the molecule is COc1cscc1C(=O)N1CC2CN(CCCNc3ccc(C)c(Cl)c3)CC2C1. The van der Waals surface area contributed by atoms with E-state index in [4.69, 9.17) is 16.3 Å². The van der Waals surface area contributed by atoms with Crippen LogP contribution in [-0.2, 0) is 0 Å². The summed E-state index contributed by atoms with van der Waals surface area (Å²) in [5, 5.41) is 8.06. The summed E-state index contributed by atoms with van der Waals surface area (Å²) in [6.07, 6.45) is 1.10. The highest BCUT2D eigenvalue weighted by Crippen LogP contribution is 2.33. The van der Waals surface area contributed by atoms with Gasteiger partial charge in [-0.15, -0.1) is 11.3 Å². The summed E-state index contributed by atoms with van der Waals surface area (Å²) in [6, 6.07) is 6.12. The highest BCUT2D eigenvalue weighted by Gasteiger charge is 2.41. The molecule has 1 N–H and O–H groups in total. The molecule has 0 radical (unpaired) electrons. The maximum atomic E-state index is 12.8. The number of carbonyl (C=O) groups excluding carboxylic acids is 1. The van der Waals surface area contributed by atoms with Gasteiger partial charge in [0.25, 0.3) is 5.91 Å². The molecule has 7 heteroatoms. The Morgan fingerprint density at radius 2 is 2.00 bits per heavy atom. The number of hydrogen-bond acceptors (Lipinski definition) is 5. The van der Waals surface area contributed by atoms with E-state index in [9.17, 15) is 4.79 Å². The zero-order valence-corrected chi connectivity index (χ0v) is 18.6. The molecule has 0 spiro atoms. The predicted octanol–water partition coefficient (Wildman–Crippen LogP) is 4.22. The molecule has 2 aliphatic heterocycles. The van der Waals surface area contributed by atoms with Crippen LogP contribution in [0.1, 0.15) is 22.3 Å². The van der Waals surface area contributed by atoms with E-state index < -0.39 is 0 Å². The molecule has 29 heavy (non-hydrogen) atoms. The van der Waals surface area contributed by atoms with Gasteiger partial charge >= 0.3 is 0 Å².